The number of esters is 1. The molecule has 1 rings (SSSR count). The number of hydrogen-bond donors (Lipinski definition) is 1. The maximum Gasteiger partial charge on any atom is 0.305 e. The zero-order valence-corrected chi connectivity index (χ0v) is 5.57. The van der Waals surface area contributed by atoms with Gasteiger partial charge in [-0.05, 0) is 6.42 Å². The van der Waals surface area contributed by atoms with Gasteiger partial charge in [-0.3, -0.25) is 4.79 Å². The fourth-order valence-corrected chi connectivity index (χ4v) is 0.475. The van der Waals surface area contributed by atoms with Crippen LogP contribution in [0.4, 0.5) is 0 Å². The molecule has 0 bridgehead atoms. The molecule has 1 fully saturated rings. The zero-order chi connectivity index (χ0) is 4.41. The van der Waals surface area contributed by atoms with E-state index in [1.807, 2.05) is 0 Å². The molecule has 4 heteroatoms. The highest BCUT2D eigenvalue weighted by Crippen LogP contribution is 2.01. The highest BCUT2D eigenvalue weighted by Gasteiger charge is 2.08. The minimum absolute atomic E-state index is 0. The summed E-state index contributed by atoms with van der Waals surface area (Å²) >= 11 is 0. The number of halogens is 1. The first-order chi connectivity index (χ1) is 2.89. The van der Waals surface area contributed by atoms with Gasteiger partial charge in [0.1, 0.15) is 0 Å². The Labute approximate surface area is 54.4 Å². The lowest BCUT2D eigenvalue weighted by molar-refractivity contribution is -0.137. The smallest absolute Gasteiger partial charge is 0.305 e. The zero-order valence-electron chi connectivity index (χ0n) is 4.82. The number of rotatable bonds is 0. The number of ether oxygens (including phenoxy) is 1. The van der Waals surface area contributed by atoms with Gasteiger partial charge < -0.3 is 23.3 Å². The summed E-state index contributed by atoms with van der Waals surface area (Å²) in [7, 11) is 0. The average molecular weight is 140 g/mol. The Morgan fingerprint density at radius 3 is 2.25 bits per heavy atom. The molecule has 0 aromatic rings. The van der Waals surface area contributed by atoms with Gasteiger partial charge in [-0.1, -0.05) is 0 Å². The van der Waals surface area contributed by atoms with E-state index in [4.69, 9.17) is 0 Å². The molecule has 0 aromatic heterocycles. The lowest BCUT2D eigenvalue weighted by Gasteiger charge is -1.81. The topological polar surface area (TPSA) is 62.8 Å². The third-order valence-corrected chi connectivity index (χ3v) is 0.788. The molecule has 1 heterocycles. The summed E-state index contributed by atoms with van der Waals surface area (Å²) in [4.78, 5) is 10.0. The van der Waals surface area contributed by atoms with E-state index >= 15 is 0 Å². The van der Waals surface area contributed by atoms with E-state index < -0.39 is 0 Å². The molecule has 50 valence electrons. The second-order valence-electron chi connectivity index (χ2n) is 1.32. The Bertz CT molecular complexity index is 68.4. The van der Waals surface area contributed by atoms with Gasteiger partial charge in [-0.2, -0.15) is 0 Å². The van der Waals surface area contributed by atoms with Crippen LogP contribution in [-0.4, -0.2) is 12.6 Å². The van der Waals surface area contributed by atoms with Crippen LogP contribution in [0.2, 0.25) is 0 Å². The van der Waals surface area contributed by atoms with Gasteiger partial charge in [-0.15, -0.1) is 0 Å². The maximum atomic E-state index is 10.0. The van der Waals surface area contributed by atoms with Gasteiger partial charge in [0.05, 0.1) is 6.61 Å². The number of quaternary nitrogens is 1. The molecule has 0 atom stereocenters. The van der Waals surface area contributed by atoms with Gasteiger partial charge in [0.15, 0.2) is 0 Å². The molecule has 1 saturated heterocycles. The largest absolute Gasteiger partial charge is 1.00 e. The van der Waals surface area contributed by atoms with Gasteiger partial charge in [-0.25, -0.2) is 0 Å². The number of cyclic esters (lactones) is 1. The molecule has 0 aromatic carbocycles. The molecular formula is C4H10ClNO2. The van der Waals surface area contributed by atoms with Crippen LogP contribution in [0.15, 0.2) is 0 Å². The summed E-state index contributed by atoms with van der Waals surface area (Å²) in [6.07, 6.45) is 1.54. The van der Waals surface area contributed by atoms with Gasteiger partial charge in [0.2, 0.25) is 0 Å². The summed E-state index contributed by atoms with van der Waals surface area (Å²) in [5, 5.41) is 0. The molecule has 0 unspecified atom stereocenters. The highest BCUT2D eigenvalue weighted by atomic mass is 35.5. The van der Waals surface area contributed by atoms with Crippen LogP contribution in [-0.2, 0) is 9.53 Å². The fourth-order valence-electron chi connectivity index (χ4n) is 0.475. The van der Waals surface area contributed by atoms with Crippen molar-refractivity contribution >= 4 is 5.97 Å². The van der Waals surface area contributed by atoms with E-state index in [0.29, 0.717) is 13.0 Å². The van der Waals surface area contributed by atoms with Crippen LogP contribution in [0.5, 0.6) is 0 Å². The Morgan fingerprint density at radius 2 is 2.12 bits per heavy atom. The first-order valence-electron chi connectivity index (χ1n) is 2.05. The predicted octanol–water partition coefficient (Wildman–Crippen LogP) is -2.30. The van der Waals surface area contributed by atoms with E-state index in [1.54, 1.807) is 0 Å². The highest BCUT2D eigenvalue weighted by molar-refractivity contribution is 5.70. The number of carbonyl (C=O) groups is 1. The van der Waals surface area contributed by atoms with Crippen molar-refractivity contribution in [3.05, 3.63) is 0 Å². The van der Waals surface area contributed by atoms with Gasteiger partial charge >= 0.3 is 5.97 Å². The number of hydrogen-bond acceptors (Lipinski definition) is 2. The Balaban J connectivity index is 0. The minimum atomic E-state index is -0.0463. The van der Waals surface area contributed by atoms with Crippen molar-refractivity contribution in [1.29, 1.82) is 0 Å². The molecule has 3 nitrogen and oxygen atoms in total. The minimum Gasteiger partial charge on any atom is -1.00 e. The summed E-state index contributed by atoms with van der Waals surface area (Å²) < 4.78 is 4.51. The predicted molar refractivity (Wildman–Crippen MR) is 26.2 cm³/mol. The van der Waals surface area contributed by atoms with Crippen LogP contribution in [0, 0.1) is 0 Å². The van der Waals surface area contributed by atoms with E-state index in [9.17, 15) is 4.79 Å². The second-order valence-corrected chi connectivity index (χ2v) is 1.32. The molecule has 0 aliphatic carbocycles. The van der Waals surface area contributed by atoms with Crippen molar-refractivity contribution in [3.63, 3.8) is 0 Å². The first kappa shape index (κ1) is 10.7. The monoisotopic (exact) mass is 139 g/mol. The number of carbonyl (C=O) groups excluding carboxylic acids is 1. The van der Waals surface area contributed by atoms with Crippen molar-refractivity contribution in [1.82, 2.24) is 6.15 Å². The standard InChI is InChI=1S/C4H6O2.ClH.H3N/c5-4-2-1-3-6-4;;/h1-3H2;1H;1H3. The lowest BCUT2D eigenvalue weighted by atomic mass is 10.4. The quantitative estimate of drug-likeness (QED) is 0.384. The van der Waals surface area contributed by atoms with Crippen LogP contribution in [0.1, 0.15) is 12.8 Å². The van der Waals surface area contributed by atoms with Gasteiger partial charge in [0, 0.05) is 6.42 Å². The van der Waals surface area contributed by atoms with Crippen LogP contribution < -0.4 is 18.6 Å². The summed E-state index contributed by atoms with van der Waals surface area (Å²) in [5.41, 5.74) is 0. The molecule has 1 aliphatic heterocycles. The molecule has 0 spiro atoms. The molecule has 0 amide bonds. The van der Waals surface area contributed by atoms with Crippen molar-refractivity contribution in [2.24, 2.45) is 0 Å². The van der Waals surface area contributed by atoms with Gasteiger partial charge in [0.25, 0.3) is 0 Å². The van der Waals surface area contributed by atoms with Crippen molar-refractivity contribution < 1.29 is 21.9 Å². The lowest BCUT2D eigenvalue weighted by Crippen LogP contribution is -3.00. The van der Waals surface area contributed by atoms with Crippen molar-refractivity contribution in [2.75, 3.05) is 6.61 Å². The third-order valence-electron chi connectivity index (χ3n) is 0.788. The van der Waals surface area contributed by atoms with Crippen LogP contribution in [0.25, 0.3) is 0 Å². The Hall–Kier alpha value is -0.280. The summed E-state index contributed by atoms with van der Waals surface area (Å²) in [6.45, 7) is 0.638. The normalized spacial score (nSPS) is 15.8. The maximum absolute atomic E-state index is 10.0. The van der Waals surface area contributed by atoms with E-state index in [0.717, 1.165) is 6.42 Å². The van der Waals surface area contributed by atoms with E-state index in [1.165, 1.54) is 0 Å². The molecule has 8 heavy (non-hydrogen) atoms. The first-order valence-corrected chi connectivity index (χ1v) is 2.05. The summed E-state index contributed by atoms with van der Waals surface area (Å²) in [5.74, 6) is -0.0463. The molecule has 1 aliphatic rings. The molecular weight excluding hydrogens is 130 g/mol. The summed E-state index contributed by atoms with van der Waals surface area (Å²) in [6, 6.07) is 0. The SMILES string of the molecule is O=C1CCCO1.[Cl-].[NH4+]. The fraction of sp³-hybridized carbons (Fsp3) is 0.750. The Kier molecular flexibility index (Phi) is 6.48. The third kappa shape index (κ3) is 2.82. The molecule has 0 radical (unpaired) electrons. The average Bonchev–Trinajstić information content (AvgIpc) is 1.86. The van der Waals surface area contributed by atoms with Crippen molar-refractivity contribution in [3.8, 4) is 0 Å². The Morgan fingerprint density at radius 1 is 1.50 bits per heavy atom. The van der Waals surface area contributed by atoms with Crippen molar-refractivity contribution in [2.45, 2.75) is 12.8 Å². The van der Waals surface area contributed by atoms with E-state index in [-0.39, 0.29) is 24.5 Å². The second kappa shape index (κ2) is 4.87. The molecule has 0 saturated carbocycles. The van der Waals surface area contributed by atoms with E-state index in [2.05, 4.69) is 4.74 Å². The molecule has 4 N–H and O–H groups in total. The van der Waals surface area contributed by atoms with Crippen LogP contribution in [0.3, 0.4) is 0 Å². The van der Waals surface area contributed by atoms with Crippen LogP contribution >= 0.6 is 0 Å².